The molecule has 0 heterocycles. The fraction of sp³-hybridized carbons (Fsp3) is 1.00. The summed E-state index contributed by atoms with van der Waals surface area (Å²) in [5.41, 5.74) is 6.25. The maximum absolute atomic E-state index is 5.95. The summed E-state index contributed by atoms with van der Waals surface area (Å²) >= 11 is 0. The molecule has 0 bridgehead atoms. The van der Waals surface area contributed by atoms with Crippen LogP contribution in [-0.4, -0.2) is 18.1 Å². The Labute approximate surface area is 87.6 Å². The Morgan fingerprint density at radius 1 is 1.29 bits per heavy atom. The Morgan fingerprint density at radius 2 is 2.00 bits per heavy atom. The molecule has 2 heteroatoms. The summed E-state index contributed by atoms with van der Waals surface area (Å²) in [6.07, 6.45) is 9.51. The summed E-state index contributed by atoms with van der Waals surface area (Å²) in [5.74, 6) is 0.868. The number of hydrogen-bond donors (Lipinski definition) is 2. The topological polar surface area (TPSA) is 38.0 Å². The van der Waals surface area contributed by atoms with Gasteiger partial charge in [-0.05, 0) is 38.0 Å². The summed E-state index contributed by atoms with van der Waals surface area (Å²) in [5, 5.41) is 3.85. The molecule has 2 rings (SSSR count). The van der Waals surface area contributed by atoms with Crippen LogP contribution in [0.4, 0.5) is 0 Å². The third kappa shape index (κ3) is 2.12. The minimum atomic E-state index is 0.300. The van der Waals surface area contributed by atoms with E-state index in [1.807, 2.05) is 0 Å². The van der Waals surface area contributed by atoms with Crippen LogP contribution in [0.15, 0.2) is 0 Å². The molecule has 2 atom stereocenters. The summed E-state index contributed by atoms with van der Waals surface area (Å²) in [7, 11) is 0. The molecule has 82 valence electrons. The molecule has 14 heavy (non-hydrogen) atoms. The molecule has 2 aliphatic carbocycles. The van der Waals surface area contributed by atoms with Crippen molar-refractivity contribution < 1.29 is 0 Å². The zero-order chi connectivity index (χ0) is 10.0. The average Bonchev–Trinajstić information content (AvgIpc) is 2.77. The molecule has 0 aromatic rings. The fourth-order valence-corrected chi connectivity index (χ4v) is 3.27. The smallest absolute Gasteiger partial charge is 0.0309 e. The Balaban J connectivity index is 1.91. The van der Waals surface area contributed by atoms with Crippen molar-refractivity contribution in [3.05, 3.63) is 0 Å². The van der Waals surface area contributed by atoms with E-state index in [-0.39, 0.29) is 0 Å². The molecule has 0 spiro atoms. The maximum atomic E-state index is 5.95. The molecule has 0 aliphatic heterocycles. The first kappa shape index (κ1) is 10.4. The quantitative estimate of drug-likeness (QED) is 0.725. The van der Waals surface area contributed by atoms with Crippen LogP contribution in [0.2, 0.25) is 0 Å². The van der Waals surface area contributed by atoms with Crippen LogP contribution in [-0.2, 0) is 0 Å². The number of hydrogen-bond acceptors (Lipinski definition) is 2. The molecule has 3 N–H and O–H groups in total. The van der Waals surface area contributed by atoms with Crippen LogP contribution < -0.4 is 11.1 Å². The highest BCUT2D eigenvalue weighted by molar-refractivity contribution is 4.98. The van der Waals surface area contributed by atoms with E-state index in [0.29, 0.717) is 5.54 Å². The molecular formula is C12H24N2. The predicted octanol–water partition coefficient (Wildman–Crippen LogP) is 2.04. The van der Waals surface area contributed by atoms with Crippen molar-refractivity contribution in [2.24, 2.45) is 11.7 Å². The summed E-state index contributed by atoms with van der Waals surface area (Å²) in [4.78, 5) is 0. The van der Waals surface area contributed by atoms with E-state index in [1.54, 1.807) is 0 Å². The monoisotopic (exact) mass is 196 g/mol. The molecule has 0 amide bonds. The van der Waals surface area contributed by atoms with Gasteiger partial charge in [0, 0.05) is 18.1 Å². The highest BCUT2D eigenvalue weighted by Gasteiger charge is 2.37. The van der Waals surface area contributed by atoms with Crippen molar-refractivity contribution in [2.45, 2.75) is 63.5 Å². The second-order valence-corrected chi connectivity index (χ2v) is 5.46. The van der Waals surface area contributed by atoms with Crippen LogP contribution in [0.1, 0.15) is 51.9 Å². The van der Waals surface area contributed by atoms with Crippen molar-refractivity contribution in [3.63, 3.8) is 0 Å². The van der Waals surface area contributed by atoms with Crippen LogP contribution in [0.25, 0.3) is 0 Å². The van der Waals surface area contributed by atoms with Gasteiger partial charge in [-0.2, -0.15) is 0 Å². The molecule has 0 radical (unpaired) electrons. The van der Waals surface area contributed by atoms with Crippen molar-refractivity contribution in [1.82, 2.24) is 5.32 Å². The molecule has 2 fully saturated rings. The highest BCUT2D eigenvalue weighted by atomic mass is 15.0. The van der Waals surface area contributed by atoms with Crippen molar-refractivity contribution in [2.75, 3.05) is 6.54 Å². The van der Waals surface area contributed by atoms with Crippen LogP contribution in [0.5, 0.6) is 0 Å². The Bertz CT molecular complexity index is 187. The molecule has 2 nitrogen and oxygen atoms in total. The standard InChI is InChI=1S/C12H24N2/c1-10-6-7-12(8-10,9-13)14-11-4-2-3-5-11/h10-11,14H,2-9,13H2,1H3. The van der Waals surface area contributed by atoms with E-state index in [0.717, 1.165) is 18.5 Å². The third-order valence-electron chi connectivity index (χ3n) is 4.11. The lowest BCUT2D eigenvalue weighted by Gasteiger charge is -2.32. The lowest BCUT2D eigenvalue weighted by atomic mass is 9.94. The molecular weight excluding hydrogens is 172 g/mol. The van der Waals surface area contributed by atoms with Gasteiger partial charge >= 0.3 is 0 Å². The van der Waals surface area contributed by atoms with Gasteiger partial charge in [0.05, 0.1) is 0 Å². The summed E-state index contributed by atoms with van der Waals surface area (Å²) < 4.78 is 0. The van der Waals surface area contributed by atoms with Crippen LogP contribution in [0, 0.1) is 5.92 Å². The van der Waals surface area contributed by atoms with Gasteiger partial charge in [0.1, 0.15) is 0 Å². The van der Waals surface area contributed by atoms with Crippen LogP contribution >= 0.6 is 0 Å². The summed E-state index contributed by atoms with van der Waals surface area (Å²) in [6.45, 7) is 3.18. The third-order valence-corrected chi connectivity index (χ3v) is 4.11. The van der Waals surface area contributed by atoms with Gasteiger partial charge in [0.2, 0.25) is 0 Å². The number of nitrogens with one attached hydrogen (secondary N) is 1. The zero-order valence-corrected chi connectivity index (χ0v) is 9.39. The lowest BCUT2D eigenvalue weighted by molar-refractivity contribution is 0.290. The Kier molecular flexibility index (Phi) is 3.13. The van der Waals surface area contributed by atoms with Gasteiger partial charge in [-0.3, -0.25) is 0 Å². The second-order valence-electron chi connectivity index (χ2n) is 5.46. The lowest BCUT2D eigenvalue weighted by Crippen LogP contribution is -2.52. The van der Waals surface area contributed by atoms with E-state index >= 15 is 0 Å². The predicted molar refractivity (Wildman–Crippen MR) is 60.2 cm³/mol. The maximum Gasteiger partial charge on any atom is 0.0309 e. The van der Waals surface area contributed by atoms with E-state index in [2.05, 4.69) is 12.2 Å². The first-order valence-electron chi connectivity index (χ1n) is 6.22. The Hall–Kier alpha value is -0.0800. The molecule has 0 aromatic heterocycles. The molecule has 2 saturated carbocycles. The molecule has 2 aliphatic rings. The fourth-order valence-electron chi connectivity index (χ4n) is 3.27. The van der Waals surface area contributed by atoms with Crippen molar-refractivity contribution in [3.8, 4) is 0 Å². The van der Waals surface area contributed by atoms with Gasteiger partial charge < -0.3 is 11.1 Å². The van der Waals surface area contributed by atoms with Gasteiger partial charge in [0.15, 0.2) is 0 Å². The average molecular weight is 196 g/mol. The zero-order valence-electron chi connectivity index (χ0n) is 9.39. The Morgan fingerprint density at radius 3 is 2.50 bits per heavy atom. The first-order valence-corrected chi connectivity index (χ1v) is 6.22. The minimum absolute atomic E-state index is 0.300. The van der Waals surface area contributed by atoms with Crippen LogP contribution in [0.3, 0.4) is 0 Å². The van der Waals surface area contributed by atoms with E-state index < -0.39 is 0 Å². The molecule has 0 saturated heterocycles. The van der Waals surface area contributed by atoms with Gasteiger partial charge in [0.25, 0.3) is 0 Å². The van der Waals surface area contributed by atoms with Gasteiger partial charge in [-0.15, -0.1) is 0 Å². The van der Waals surface area contributed by atoms with Gasteiger partial charge in [-0.25, -0.2) is 0 Å². The van der Waals surface area contributed by atoms with E-state index in [4.69, 9.17) is 5.73 Å². The summed E-state index contributed by atoms with van der Waals surface area (Å²) in [6, 6.07) is 0.767. The second kappa shape index (κ2) is 4.19. The van der Waals surface area contributed by atoms with E-state index in [1.165, 1.54) is 44.9 Å². The van der Waals surface area contributed by atoms with Crippen molar-refractivity contribution in [1.29, 1.82) is 0 Å². The first-order chi connectivity index (χ1) is 6.74. The largest absolute Gasteiger partial charge is 0.329 e. The van der Waals surface area contributed by atoms with Gasteiger partial charge in [-0.1, -0.05) is 19.8 Å². The minimum Gasteiger partial charge on any atom is -0.329 e. The highest BCUT2D eigenvalue weighted by Crippen LogP contribution is 2.35. The van der Waals surface area contributed by atoms with E-state index in [9.17, 15) is 0 Å². The SMILES string of the molecule is CC1CCC(CN)(NC2CCCC2)C1. The van der Waals surface area contributed by atoms with Crippen molar-refractivity contribution >= 4 is 0 Å². The molecule has 0 aromatic carbocycles. The molecule has 2 unspecified atom stereocenters. The normalized spacial score (nSPS) is 39.4. The number of rotatable bonds is 3. The number of nitrogens with two attached hydrogens (primary N) is 1.